The first-order valence-corrected chi connectivity index (χ1v) is 10.7. The van der Waals surface area contributed by atoms with E-state index in [1.54, 1.807) is 0 Å². The zero-order valence-electron chi connectivity index (χ0n) is 14.5. The maximum atomic E-state index is 10.5. The Morgan fingerprint density at radius 3 is 1.59 bits per heavy atom. The standard InChI is InChI=1S/C18H37O2P.Cr/c1-2-3-4-5-6-7-8-9-10-11-12-13-14-15-16-17-18-21(19)20;/h9-10,21H,2-8,11-18H2,1H3,(H,19,20);/b10-9-;. The fourth-order valence-corrected chi connectivity index (χ4v) is 3.08. The van der Waals surface area contributed by atoms with Gasteiger partial charge in [-0.05, 0) is 32.1 Å². The summed E-state index contributed by atoms with van der Waals surface area (Å²) in [5, 5.41) is 0. The molecule has 2 nitrogen and oxygen atoms in total. The smallest absolute Gasteiger partial charge is 0.189 e. The topological polar surface area (TPSA) is 37.3 Å². The average Bonchev–Trinajstić information content (AvgIpc) is 2.46. The zero-order valence-corrected chi connectivity index (χ0v) is 16.8. The van der Waals surface area contributed by atoms with Crippen molar-refractivity contribution in [2.75, 3.05) is 6.16 Å². The Morgan fingerprint density at radius 1 is 0.727 bits per heavy atom. The van der Waals surface area contributed by atoms with Crippen LogP contribution in [0.3, 0.4) is 0 Å². The van der Waals surface area contributed by atoms with E-state index in [0.29, 0.717) is 6.16 Å². The van der Waals surface area contributed by atoms with Gasteiger partial charge in [-0.2, -0.15) is 0 Å². The molecule has 0 radical (unpaired) electrons. The van der Waals surface area contributed by atoms with Crippen molar-refractivity contribution >= 4 is 8.03 Å². The summed E-state index contributed by atoms with van der Waals surface area (Å²) in [6.07, 6.45) is 23.1. The molecule has 0 aromatic heterocycles. The molecule has 4 heteroatoms. The summed E-state index contributed by atoms with van der Waals surface area (Å²) in [6, 6.07) is 0. The number of rotatable bonds is 16. The van der Waals surface area contributed by atoms with Gasteiger partial charge in [-0.25, -0.2) is 0 Å². The normalized spacial score (nSPS) is 12.5. The minimum Gasteiger partial charge on any atom is -0.346 e. The largest absolute Gasteiger partial charge is 0.346 e. The van der Waals surface area contributed by atoms with Crippen LogP contribution >= 0.6 is 8.03 Å². The molecule has 1 atom stereocenters. The van der Waals surface area contributed by atoms with Gasteiger partial charge in [0, 0.05) is 23.5 Å². The van der Waals surface area contributed by atoms with Crippen LogP contribution in [0.5, 0.6) is 0 Å². The summed E-state index contributed by atoms with van der Waals surface area (Å²) in [7, 11) is -2.21. The van der Waals surface area contributed by atoms with Gasteiger partial charge in [0.1, 0.15) is 0 Å². The Kier molecular flexibility index (Phi) is 24.1. The number of hydrogen-bond donors (Lipinski definition) is 1. The van der Waals surface area contributed by atoms with E-state index in [1.165, 1.54) is 77.0 Å². The van der Waals surface area contributed by atoms with Crippen molar-refractivity contribution < 1.29 is 26.8 Å². The van der Waals surface area contributed by atoms with Gasteiger partial charge < -0.3 is 4.89 Å². The van der Waals surface area contributed by atoms with Crippen molar-refractivity contribution in [3.63, 3.8) is 0 Å². The van der Waals surface area contributed by atoms with Crippen LogP contribution in [0.1, 0.15) is 96.8 Å². The van der Waals surface area contributed by atoms with Crippen LogP contribution in [0.25, 0.3) is 0 Å². The van der Waals surface area contributed by atoms with Crippen LogP contribution in [0.2, 0.25) is 0 Å². The first kappa shape index (κ1) is 24.7. The van der Waals surface area contributed by atoms with E-state index in [4.69, 9.17) is 4.89 Å². The maximum Gasteiger partial charge on any atom is 0.189 e. The van der Waals surface area contributed by atoms with E-state index in [2.05, 4.69) is 19.1 Å². The number of unbranched alkanes of at least 4 members (excludes halogenated alkanes) is 12. The summed E-state index contributed by atoms with van der Waals surface area (Å²) in [4.78, 5) is 8.71. The molecular weight excluding hydrogens is 331 g/mol. The van der Waals surface area contributed by atoms with Gasteiger partial charge in [0.25, 0.3) is 0 Å². The van der Waals surface area contributed by atoms with Crippen molar-refractivity contribution in [3.8, 4) is 0 Å². The van der Waals surface area contributed by atoms with Crippen LogP contribution in [0, 0.1) is 0 Å². The third-order valence-electron chi connectivity index (χ3n) is 3.90. The Hall–Kier alpha value is 0.462. The molecule has 0 bridgehead atoms. The van der Waals surface area contributed by atoms with E-state index in [9.17, 15) is 4.57 Å². The quantitative estimate of drug-likeness (QED) is 0.192. The SMILES string of the molecule is CCCCCCCC/C=C\CCCCCCCC[PH](=O)O.[Cr]. The Balaban J connectivity index is 0. The molecule has 0 aliphatic carbocycles. The Labute approximate surface area is 150 Å². The second-order valence-corrected chi connectivity index (χ2v) is 7.37. The first-order valence-electron chi connectivity index (χ1n) is 9.14. The molecule has 0 aromatic rings. The Morgan fingerprint density at radius 2 is 1.14 bits per heavy atom. The van der Waals surface area contributed by atoms with Crippen LogP contribution < -0.4 is 0 Å². The molecule has 0 heterocycles. The summed E-state index contributed by atoms with van der Waals surface area (Å²) in [5.74, 6) is 0. The van der Waals surface area contributed by atoms with Gasteiger partial charge in [0.15, 0.2) is 8.03 Å². The molecule has 22 heavy (non-hydrogen) atoms. The minimum absolute atomic E-state index is 0. The predicted molar refractivity (Wildman–Crippen MR) is 95.5 cm³/mol. The van der Waals surface area contributed by atoms with E-state index in [0.717, 1.165) is 12.8 Å². The van der Waals surface area contributed by atoms with Gasteiger partial charge in [-0.3, -0.25) is 4.57 Å². The summed E-state index contributed by atoms with van der Waals surface area (Å²) in [5.41, 5.74) is 0. The van der Waals surface area contributed by atoms with Crippen LogP contribution in [-0.2, 0) is 21.9 Å². The van der Waals surface area contributed by atoms with Crippen molar-refractivity contribution in [2.45, 2.75) is 96.8 Å². The van der Waals surface area contributed by atoms with E-state index in [1.807, 2.05) is 0 Å². The summed E-state index contributed by atoms with van der Waals surface area (Å²) < 4.78 is 10.5. The summed E-state index contributed by atoms with van der Waals surface area (Å²) >= 11 is 0. The fourth-order valence-electron chi connectivity index (χ4n) is 2.52. The molecule has 0 fully saturated rings. The van der Waals surface area contributed by atoms with Crippen LogP contribution in [0.15, 0.2) is 12.2 Å². The molecule has 0 rings (SSSR count). The van der Waals surface area contributed by atoms with E-state index in [-0.39, 0.29) is 17.4 Å². The molecule has 0 amide bonds. The monoisotopic (exact) mass is 368 g/mol. The minimum atomic E-state index is -2.21. The van der Waals surface area contributed by atoms with E-state index < -0.39 is 8.03 Å². The van der Waals surface area contributed by atoms with Crippen LogP contribution in [0.4, 0.5) is 0 Å². The van der Waals surface area contributed by atoms with E-state index >= 15 is 0 Å². The van der Waals surface area contributed by atoms with Gasteiger partial charge in [-0.15, -0.1) is 0 Å². The van der Waals surface area contributed by atoms with Crippen molar-refractivity contribution in [3.05, 3.63) is 12.2 Å². The molecule has 132 valence electrons. The molecule has 1 unspecified atom stereocenters. The summed E-state index contributed by atoms with van der Waals surface area (Å²) in [6.45, 7) is 2.26. The predicted octanol–water partition coefficient (Wildman–Crippen LogP) is 6.49. The molecule has 0 aromatic carbocycles. The molecular formula is C18H37CrO2P. The average molecular weight is 368 g/mol. The second-order valence-electron chi connectivity index (χ2n) is 6.08. The first-order chi connectivity index (χ1) is 10.3. The van der Waals surface area contributed by atoms with Gasteiger partial charge >= 0.3 is 0 Å². The van der Waals surface area contributed by atoms with Gasteiger partial charge in [-0.1, -0.05) is 76.9 Å². The maximum absolute atomic E-state index is 10.5. The molecule has 0 aliphatic heterocycles. The molecule has 0 aliphatic rings. The molecule has 0 spiro atoms. The number of hydrogen-bond acceptors (Lipinski definition) is 1. The third-order valence-corrected chi connectivity index (χ3v) is 4.68. The van der Waals surface area contributed by atoms with Crippen molar-refractivity contribution in [1.29, 1.82) is 0 Å². The zero-order chi connectivity index (χ0) is 15.6. The van der Waals surface area contributed by atoms with Gasteiger partial charge in [0.05, 0.1) is 0 Å². The third kappa shape index (κ3) is 22.7. The fraction of sp³-hybridized carbons (Fsp3) is 0.889. The van der Waals surface area contributed by atoms with Crippen molar-refractivity contribution in [1.82, 2.24) is 0 Å². The molecule has 1 N–H and O–H groups in total. The number of allylic oxidation sites excluding steroid dienone is 2. The van der Waals surface area contributed by atoms with Crippen molar-refractivity contribution in [2.24, 2.45) is 0 Å². The molecule has 0 saturated carbocycles. The van der Waals surface area contributed by atoms with Crippen LogP contribution in [-0.4, -0.2) is 11.1 Å². The second kappa shape index (κ2) is 21.5. The van der Waals surface area contributed by atoms with Gasteiger partial charge in [0.2, 0.25) is 0 Å². The Bertz CT molecular complexity index is 257. The molecule has 0 saturated heterocycles.